The lowest BCUT2D eigenvalue weighted by Gasteiger charge is -2.18. The SMILES string of the molecule is CC(=O)c1cccc(CC(C)(C)C)c1. The maximum Gasteiger partial charge on any atom is 0.159 e. The van der Waals surface area contributed by atoms with E-state index < -0.39 is 0 Å². The highest BCUT2D eigenvalue weighted by atomic mass is 16.1. The van der Waals surface area contributed by atoms with Crippen LogP contribution in [0.5, 0.6) is 0 Å². The minimum atomic E-state index is 0.140. The van der Waals surface area contributed by atoms with Gasteiger partial charge in [-0.1, -0.05) is 39.0 Å². The van der Waals surface area contributed by atoms with Crippen molar-refractivity contribution in [3.63, 3.8) is 0 Å². The zero-order valence-corrected chi connectivity index (χ0v) is 9.42. The highest BCUT2D eigenvalue weighted by Crippen LogP contribution is 2.21. The van der Waals surface area contributed by atoms with E-state index in [1.807, 2.05) is 18.2 Å². The van der Waals surface area contributed by atoms with E-state index in [2.05, 4.69) is 26.8 Å². The third kappa shape index (κ3) is 3.33. The third-order valence-electron chi connectivity index (χ3n) is 2.07. The molecule has 0 heterocycles. The first kappa shape index (κ1) is 11.0. The van der Waals surface area contributed by atoms with Crippen LogP contribution in [0.3, 0.4) is 0 Å². The van der Waals surface area contributed by atoms with Gasteiger partial charge in [-0.05, 0) is 30.4 Å². The number of ketones is 1. The minimum Gasteiger partial charge on any atom is -0.295 e. The Morgan fingerprint density at radius 3 is 2.43 bits per heavy atom. The van der Waals surface area contributed by atoms with E-state index in [1.165, 1.54) is 5.56 Å². The van der Waals surface area contributed by atoms with Gasteiger partial charge >= 0.3 is 0 Å². The zero-order valence-electron chi connectivity index (χ0n) is 9.42. The molecule has 1 nitrogen and oxygen atoms in total. The molecule has 0 N–H and O–H groups in total. The molecule has 1 heteroatoms. The predicted molar refractivity (Wildman–Crippen MR) is 59.6 cm³/mol. The molecule has 0 saturated carbocycles. The lowest BCUT2D eigenvalue weighted by molar-refractivity contribution is 0.101. The van der Waals surface area contributed by atoms with Crippen LogP contribution in [0.25, 0.3) is 0 Å². The third-order valence-corrected chi connectivity index (χ3v) is 2.07. The largest absolute Gasteiger partial charge is 0.295 e. The summed E-state index contributed by atoms with van der Waals surface area (Å²) in [7, 11) is 0. The number of carbonyl (C=O) groups excluding carboxylic acids is 1. The molecule has 0 aliphatic rings. The van der Waals surface area contributed by atoms with Gasteiger partial charge in [0, 0.05) is 5.56 Å². The predicted octanol–water partition coefficient (Wildman–Crippen LogP) is 3.48. The Labute approximate surface area is 86.1 Å². The van der Waals surface area contributed by atoms with E-state index in [-0.39, 0.29) is 11.2 Å². The fraction of sp³-hybridized carbons (Fsp3) is 0.462. The summed E-state index contributed by atoms with van der Waals surface area (Å²) in [6.45, 7) is 8.21. The molecule has 0 atom stereocenters. The highest BCUT2D eigenvalue weighted by Gasteiger charge is 2.11. The maximum atomic E-state index is 11.2. The van der Waals surface area contributed by atoms with Crippen LogP contribution < -0.4 is 0 Å². The summed E-state index contributed by atoms with van der Waals surface area (Å²) >= 11 is 0. The number of hydrogen-bond donors (Lipinski definition) is 0. The van der Waals surface area contributed by atoms with E-state index in [0.29, 0.717) is 0 Å². The van der Waals surface area contributed by atoms with Gasteiger partial charge in [-0.25, -0.2) is 0 Å². The second-order valence-corrected chi connectivity index (χ2v) is 4.99. The first-order chi connectivity index (χ1) is 6.38. The van der Waals surface area contributed by atoms with E-state index >= 15 is 0 Å². The monoisotopic (exact) mass is 190 g/mol. The van der Waals surface area contributed by atoms with Gasteiger partial charge in [-0.2, -0.15) is 0 Å². The molecule has 0 fully saturated rings. The lowest BCUT2D eigenvalue weighted by Crippen LogP contribution is -2.09. The van der Waals surface area contributed by atoms with Gasteiger partial charge in [-0.15, -0.1) is 0 Å². The molecule has 1 aromatic carbocycles. The van der Waals surface area contributed by atoms with Crippen LogP contribution in [0.15, 0.2) is 24.3 Å². The zero-order chi connectivity index (χ0) is 10.8. The van der Waals surface area contributed by atoms with Crippen molar-refractivity contribution in [2.24, 2.45) is 5.41 Å². The quantitative estimate of drug-likeness (QED) is 0.652. The van der Waals surface area contributed by atoms with Crippen molar-refractivity contribution in [3.8, 4) is 0 Å². The number of rotatable bonds is 2. The van der Waals surface area contributed by atoms with Gasteiger partial charge in [0.1, 0.15) is 0 Å². The van der Waals surface area contributed by atoms with Crippen molar-refractivity contribution in [1.29, 1.82) is 0 Å². The van der Waals surface area contributed by atoms with Crippen molar-refractivity contribution in [1.82, 2.24) is 0 Å². The molecule has 0 bridgehead atoms. The Hall–Kier alpha value is -1.11. The molecule has 0 spiro atoms. The van der Waals surface area contributed by atoms with Gasteiger partial charge in [0.15, 0.2) is 5.78 Å². The molecule has 0 aliphatic heterocycles. The molecule has 1 aromatic rings. The summed E-state index contributed by atoms with van der Waals surface area (Å²) < 4.78 is 0. The summed E-state index contributed by atoms with van der Waals surface area (Å²) in [5, 5.41) is 0. The summed E-state index contributed by atoms with van der Waals surface area (Å²) in [4.78, 5) is 11.2. The van der Waals surface area contributed by atoms with Gasteiger partial charge in [0.05, 0.1) is 0 Å². The molecule has 0 amide bonds. The van der Waals surface area contributed by atoms with Crippen LogP contribution in [-0.4, -0.2) is 5.78 Å². The van der Waals surface area contributed by atoms with Crippen LogP contribution in [0.1, 0.15) is 43.6 Å². The smallest absolute Gasteiger partial charge is 0.159 e. The van der Waals surface area contributed by atoms with Gasteiger partial charge in [0.25, 0.3) is 0 Å². The van der Waals surface area contributed by atoms with E-state index in [9.17, 15) is 4.79 Å². The summed E-state index contributed by atoms with van der Waals surface area (Å²) in [5.41, 5.74) is 2.33. The van der Waals surface area contributed by atoms with Crippen molar-refractivity contribution in [2.75, 3.05) is 0 Å². The van der Waals surface area contributed by atoms with E-state index in [4.69, 9.17) is 0 Å². The average molecular weight is 190 g/mol. The summed E-state index contributed by atoms with van der Waals surface area (Å²) in [6.07, 6.45) is 1.01. The average Bonchev–Trinajstić information content (AvgIpc) is 2.01. The normalized spacial score (nSPS) is 11.4. The Bertz CT molecular complexity index is 331. The standard InChI is InChI=1S/C13H18O/c1-10(14)12-7-5-6-11(8-12)9-13(2,3)4/h5-8H,9H2,1-4H3. The molecule has 1 rings (SSSR count). The molecule has 76 valence electrons. The molecule has 0 radical (unpaired) electrons. The minimum absolute atomic E-state index is 0.140. The first-order valence-electron chi connectivity index (χ1n) is 4.98. The molecule has 0 aromatic heterocycles. The van der Waals surface area contributed by atoms with Crippen LogP contribution in [0, 0.1) is 5.41 Å². The topological polar surface area (TPSA) is 17.1 Å². The molecule has 0 aliphatic carbocycles. The lowest BCUT2D eigenvalue weighted by atomic mass is 9.87. The Kier molecular flexibility index (Phi) is 3.10. The Morgan fingerprint density at radius 1 is 1.29 bits per heavy atom. The van der Waals surface area contributed by atoms with Crippen molar-refractivity contribution in [2.45, 2.75) is 34.1 Å². The Morgan fingerprint density at radius 2 is 1.93 bits per heavy atom. The van der Waals surface area contributed by atoms with Crippen LogP contribution in [0.4, 0.5) is 0 Å². The van der Waals surface area contributed by atoms with Crippen molar-refractivity contribution >= 4 is 5.78 Å². The first-order valence-corrected chi connectivity index (χ1v) is 4.98. The molecule has 14 heavy (non-hydrogen) atoms. The molecule has 0 saturated heterocycles. The summed E-state index contributed by atoms with van der Waals surface area (Å²) in [6, 6.07) is 7.90. The van der Waals surface area contributed by atoms with Crippen LogP contribution >= 0.6 is 0 Å². The van der Waals surface area contributed by atoms with Gasteiger partial charge in [0.2, 0.25) is 0 Å². The summed E-state index contributed by atoms with van der Waals surface area (Å²) in [5.74, 6) is 0.140. The van der Waals surface area contributed by atoms with Crippen molar-refractivity contribution in [3.05, 3.63) is 35.4 Å². The van der Waals surface area contributed by atoms with Crippen molar-refractivity contribution < 1.29 is 4.79 Å². The second kappa shape index (κ2) is 3.95. The fourth-order valence-corrected chi connectivity index (χ4v) is 1.51. The van der Waals surface area contributed by atoms with E-state index in [1.54, 1.807) is 6.92 Å². The second-order valence-electron chi connectivity index (χ2n) is 4.99. The maximum absolute atomic E-state index is 11.2. The van der Waals surface area contributed by atoms with Crippen LogP contribution in [-0.2, 0) is 6.42 Å². The molecular weight excluding hydrogens is 172 g/mol. The highest BCUT2D eigenvalue weighted by molar-refractivity contribution is 5.94. The number of hydrogen-bond acceptors (Lipinski definition) is 1. The molecular formula is C13H18O. The number of carbonyl (C=O) groups is 1. The number of Topliss-reactive ketones (excluding diaryl/α,β-unsaturated/α-hetero) is 1. The van der Waals surface area contributed by atoms with Gasteiger partial charge in [-0.3, -0.25) is 4.79 Å². The molecule has 0 unspecified atom stereocenters. The Balaban J connectivity index is 2.89. The number of benzene rings is 1. The van der Waals surface area contributed by atoms with Crippen LogP contribution in [0.2, 0.25) is 0 Å². The van der Waals surface area contributed by atoms with Gasteiger partial charge < -0.3 is 0 Å². The fourth-order valence-electron chi connectivity index (χ4n) is 1.51. The van der Waals surface area contributed by atoms with E-state index in [0.717, 1.165) is 12.0 Å².